The first-order valence-corrected chi connectivity index (χ1v) is 17.3. The van der Waals surface area contributed by atoms with Crippen molar-refractivity contribution in [1.29, 1.82) is 0 Å². The number of hydrogen-bond acceptors (Lipinski definition) is 15. The fourth-order valence-corrected chi connectivity index (χ4v) is 4.09. The van der Waals surface area contributed by atoms with Gasteiger partial charge in [-0.05, 0) is 58.4 Å². The number of carbonyl (C=O) groups excluding carboxylic acids is 4. The van der Waals surface area contributed by atoms with Gasteiger partial charge in [0.15, 0.2) is 0 Å². The van der Waals surface area contributed by atoms with Crippen molar-refractivity contribution in [3.63, 3.8) is 0 Å². The third-order valence-electron chi connectivity index (χ3n) is 6.67. The first-order chi connectivity index (χ1) is 22.9. The summed E-state index contributed by atoms with van der Waals surface area (Å²) in [4.78, 5) is 49.8. The Kier molecular flexibility index (Phi) is 33.1. The average molecular weight is 678 g/mol. The Morgan fingerprint density at radius 1 is 0.468 bits per heavy atom. The number of hydrogen-bond donors (Lipinski definition) is 6. The normalized spacial score (nSPS) is 11.1. The van der Waals surface area contributed by atoms with E-state index in [1.54, 1.807) is 0 Å². The summed E-state index contributed by atoms with van der Waals surface area (Å²) in [5, 5.41) is 30.7. The van der Waals surface area contributed by atoms with Crippen LogP contribution < -0.4 is 21.3 Å². The molecule has 0 radical (unpaired) electrons. The van der Waals surface area contributed by atoms with Crippen LogP contribution in [0, 0.1) is 0 Å². The maximum Gasteiger partial charge on any atom is 0.307 e. The minimum atomic E-state index is -0.393. The molecule has 6 N–H and O–H groups in total. The fraction of sp³-hybridized carbons (Fsp3) is 0.875. The molecular formula is C32H63N5O10. The largest absolute Gasteiger partial charge is 0.466 e. The number of esters is 4. The number of nitrogens with zero attached hydrogens (tertiary/aromatic N) is 1. The van der Waals surface area contributed by atoms with Gasteiger partial charge in [-0.3, -0.25) is 19.2 Å². The molecule has 0 amide bonds. The molecule has 0 aliphatic heterocycles. The Hall–Kier alpha value is -2.40. The van der Waals surface area contributed by atoms with Crippen LogP contribution in [0.5, 0.6) is 0 Å². The van der Waals surface area contributed by atoms with Crippen molar-refractivity contribution in [1.82, 2.24) is 26.2 Å². The molecule has 0 bridgehead atoms. The van der Waals surface area contributed by atoms with Crippen LogP contribution in [0.2, 0.25) is 0 Å². The van der Waals surface area contributed by atoms with E-state index in [9.17, 15) is 24.3 Å². The quantitative estimate of drug-likeness (QED) is 0.0291. The lowest BCUT2D eigenvalue weighted by molar-refractivity contribution is -0.147. The van der Waals surface area contributed by atoms with E-state index in [2.05, 4.69) is 28.2 Å². The van der Waals surface area contributed by atoms with Crippen molar-refractivity contribution in [2.75, 3.05) is 112 Å². The molecule has 0 rings (SSSR count). The smallest absolute Gasteiger partial charge is 0.307 e. The second kappa shape index (κ2) is 34.9. The zero-order chi connectivity index (χ0) is 34.6. The maximum atomic E-state index is 12.2. The van der Waals surface area contributed by atoms with Crippen molar-refractivity contribution in [2.45, 2.75) is 71.1 Å². The third-order valence-corrected chi connectivity index (χ3v) is 6.67. The third kappa shape index (κ3) is 33.3. The van der Waals surface area contributed by atoms with Gasteiger partial charge >= 0.3 is 23.9 Å². The molecule has 0 saturated heterocycles. The van der Waals surface area contributed by atoms with E-state index < -0.39 is 5.97 Å². The molecule has 0 saturated carbocycles. The van der Waals surface area contributed by atoms with Gasteiger partial charge in [-0.15, -0.1) is 0 Å². The fourth-order valence-electron chi connectivity index (χ4n) is 4.09. The SMILES string of the molecule is CCCNCCCNCCC(=O)OCCCOC(=O)CCN(CCCO)CCC(=O)OCCCOC(=O)CCNCCCNCCO. The van der Waals surface area contributed by atoms with Crippen molar-refractivity contribution < 1.29 is 48.3 Å². The average Bonchev–Trinajstić information content (AvgIpc) is 3.06. The van der Waals surface area contributed by atoms with Gasteiger partial charge in [-0.1, -0.05) is 6.92 Å². The minimum absolute atomic E-state index is 0.00556. The van der Waals surface area contributed by atoms with Crippen LogP contribution in [-0.4, -0.2) is 151 Å². The molecule has 0 heterocycles. The molecule has 0 aliphatic rings. The van der Waals surface area contributed by atoms with E-state index in [4.69, 9.17) is 24.1 Å². The number of ether oxygens (including phenoxy) is 4. The topological polar surface area (TPSA) is 197 Å². The van der Waals surface area contributed by atoms with Crippen LogP contribution >= 0.6 is 0 Å². The summed E-state index contributed by atoms with van der Waals surface area (Å²) in [6.07, 6.45) is 5.12. The summed E-state index contributed by atoms with van der Waals surface area (Å²) in [7, 11) is 0. The lowest BCUT2D eigenvalue weighted by Crippen LogP contribution is -2.31. The molecule has 276 valence electrons. The molecule has 0 aromatic rings. The number of carbonyl (C=O) groups is 4. The van der Waals surface area contributed by atoms with Crippen LogP contribution in [0.1, 0.15) is 71.1 Å². The van der Waals surface area contributed by atoms with Gasteiger partial charge < -0.3 is 55.3 Å². The van der Waals surface area contributed by atoms with Gasteiger partial charge in [0.05, 0.1) is 58.7 Å². The van der Waals surface area contributed by atoms with Crippen molar-refractivity contribution in [2.24, 2.45) is 0 Å². The first-order valence-electron chi connectivity index (χ1n) is 17.3. The molecule has 0 fully saturated rings. The Morgan fingerprint density at radius 3 is 1.28 bits per heavy atom. The Bertz CT molecular complexity index is 721. The molecule has 0 unspecified atom stereocenters. The first kappa shape index (κ1) is 44.6. The lowest BCUT2D eigenvalue weighted by atomic mass is 10.3. The van der Waals surface area contributed by atoms with Crippen molar-refractivity contribution >= 4 is 23.9 Å². The van der Waals surface area contributed by atoms with E-state index in [1.165, 1.54) is 0 Å². The highest BCUT2D eigenvalue weighted by molar-refractivity contribution is 5.71. The van der Waals surface area contributed by atoms with Gasteiger partial charge in [-0.25, -0.2) is 0 Å². The van der Waals surface area contributed by atoms with Crippen LogP contribution in [0.25, 0.3) is 0 Å². The highest BCUT2D eigenvalue weighted by Crippen LogP contribution is 2.01. The van der Waals surface area contributed by atoms with E-state index >= 15 is 0 Å². The zero-order valence-electron chi connectivity index (χ0n) is 28.7. The molecule has 0 spiro atoms. The number of aliphatic hydroxyl groups is 2. The standard InChI is InChI=1S/C32H63N5O10/c1-2-12-33-13-3-14-34-17-8-29(40)44-25-6-27-46-31(42)10-21-37(20-5-23-38)22-11-32(43)47-28-7-26-45-30(41)9-18-35-15-4-16-36-19-24-39/h33-36,38-39H,2-28H2,1H3. The molecular weight excluding hydrogens is 614 g/mol. The predicted octanol–water partition coefficient (Wildman–Crippen LogP) is -0.275. The van der Waals surface area contributed by atoms with E-state index in [0.29, 0.717) is 65.0 Å². The molecule has 47 heavy (non-hydrogen) atoms. The summed E-state index contributed by atoms with van der Waals surface area (Å²) >= 11 is 0. The number of rotatable bonds is 35. The second-order valence-electron chi connectivity index (χ2n) is 10.9. The Morgan fingerprint density at radius 2 is 0.872 bits per heavy atom. The van der Waals surface area contributed by atoms with Crippen LogP contribution in [0.3, 0.4) is 0 Å². The van der Waals surface area contributed by atoms with Crippen LogP contribution in [0.15, 0.2) is 0 Å². The summed E-state index contributed by atoms with van der Waals surface area (Å²) in [5.74, 6) is -1.38. The zero-order valence-corrected chi connectivity index (χ0v) is 28.7. The van der Waals surface area contributed by atoms with Crippen LogP contribution in [0.4, 0.5) is 0 Å². The van der Waals surface area contributed by atoms with Gasteiger partial charge in [0, 0.05) is 58.7 Å². The molecule has 15 heteroatoms. The summed E-state index contributed by atoms with van der Waals surface area (Å²) in [6.45, 7) is 10.2. The molecule has 0 aromatic carbocycles. The van der Waals surface area contributed by atoms with Crippen molar-refractivity contribution in [3.05, 3.63) is 0 Å². The molecule has 0 aromatic heterocycles. The lowest BCUT2D eigenvalue weighted by Gasteiger charge is -2.21. The highest BCUT2D eigenvalue weighted by Gasteiger charge is 2.13. The highest BCUT2D eigenvalue weighted by atomic mass is 16.6. The Balaban J connectivity index is 3.86. The minimum Gasteiger partial charge on any atom is -0.466 e. The summed E-state index contributed by atoms with van der Waals surface area (Å²) in [6, 6.07) is 0. The van der Waals surface area contributed by atoms with Crippen LogP contribution in [-0.2, 0) is 38.1 Å². The van der Waals surface area contributed by atoms with Gasteiger partial charge in [0.2, 0.25) is 0 Å². The number of aliphatic hydroxyl groups excluding tert-OH is 2. The monoisotopic (exact) mass is 677 g/mol. The molecule has 0 atom stereocenters. The molecule has 0 aliphatic carbocycles. The number of nitrogens with one attached hydrogen (secondary N) is 4. The molecule has 15 nitrogen and oxygen atoms in total. The van der Waals surface area contributed by atoms with E-state index in [1.807, 2.05) is 4.90 Å². The van der Waals surface area contributed by atoms with Gasteiger partial charge in [0.25, 0.3) is 0 Å². The predicted molar refractivity (Wildman–Crippen MR) is 178 cm³/mol. The van der Waals surface area contributed by atoms with E-state index in [-0.39, 0.29) is 76.8 Å². The maximum absolute atomic E-state index is 12.2. The van der Waals surface area contributed by atoms with E-state index in [0.717, 1.165) is 52.0 Å². The summed E-state index contributed by atoms with van der Waals surface area (Å²) < 4.78 is 20.8. The van der Waals surface area contributed by atoms with Gasteiger partial charge in [0.1, 0.15) is 0 Å². The Labute approximate surface area is 281 Å². The van der Waals surface area contributed by atoms with Crippen molar-refractivity contribution in [3.8, 4) is 0 Å². The van der Waals surface area contributed by atoms with Gasteiger partial charge in [-0.2, -0.15) is 0 Å². The summed E-state index contributed by atoms with van der Waals surface area (Å²) in [5.41, 5.74) is 0. The second-order valence-corrected chi connectivity index (χ2v) is 10.9.